The predicted octanol–water partition coefficient (Wildman–Crippen LogP) is 7.07. The van der Waals surface area contributed by atoms with Crippen molar-refractivity contribution < 1.29 is 19.4 Å². The second kappa shape index (κ2) is 11.4. The van der Waals surface area contributed by atoms with Crippen molar-refractivity contribution in [2.24, 2.45) is 0 Å². The summed E-state index contributed by atoms with van der Waals surface area (Å²) in [5, 5.41) is 18.7. The van der Waals surface area contributed by atoms with Gasteiger partial charge in [-0.1, -0.05) is 61.3 Å². The zero-order chi connectivity index (χ0) is 27.5. The Labute approximate surface area is 233 Å². The van der Waals surface area contributed by atoms with E-state index >= 15 is 0 Å². The highest BCUT2D eigenvalue weighted by molar-refractivity contribution is 6.31. The first-order valence-corrected chi connectivity index (χ1v) is 13.6. The summed E-state index contributed by atoms with van der Waals surface area (Å²) >= 11 is 6.42. The molecule has 5 rings (SSSR count). The van der Waals surface area contributed by atoms with E-state index in [1.54, 1.807) is 12.1 Å². The van der Waals surface area contributed by atoms with Gasteiger partial charge in [-0.25, -0.2) is 0 Å². The molecule has 0 radical (unpaired) electrons. The number of carbonyl (C=O) groups excluding carboxylic acids is 1. The summed E-state index contributed by atoms with van der Waals surface area (Å²) in [6.45, 7) is 7.31. The number of phenols is 1. The standard InChI is InChI=1S/C31H32ClN3O4/c1-4-6-14-35-30(21-12-13-25(26(16-21)38-5-2)39-18-20-10-8-7-9-11-20)27-28(33-34-29(27)31(35)37)22-17-23(32)19(3)15-24(22)36/h7-13,15-17,30,36H,4-6,14,18H2,1-3H3,(H,33,34). The third kappa shape index (κ3) is 5.19. The number of amides is 1. The number of ether oxygens (including phenoxy) is 2. The van der Waals surface area contributed by atoms with E-state index in [2.05, 4.69) is 17.1 Å². The number of rotatable bonds is 10. The number of halogens is 1. The summed E-state index contributed by atoms with van der Waals surface area (Å²) in [4.78, 5) is 15.4. The van der Waals surface area contributed by atoms with Crippen molar-refractivity contribution in [1.29, 1.82) is 0 Å². The third-order valence-electron chi connectivity index (χ3n) is 6.97. The molecule has 39 heavy (non-hydrogen) atoms. The molecule has 7 nitrogen and oxygen atoms in total. The second-order valence-corrected chi connectivity index (χ2v) is 10.1. The summed E-state index contributed by atoms with van der Waals surface area (Å²) in [6, 6.07) is 18.6. The first kappa shape index (κ1) is 26.6. The van der Waals surface area contributed by atoms with Crippen molar-refractivity contribution in [3.05, 3.63) is 93.6 Å². The van der Waals surface area contributed by atoms with Crippen LogP contribution >= 0.6 is 11.6 Å². The van der Waals surface area contributed by atoms with Gasteiger partial charge in [0.05, 0.1) is 12.6 Å². The number of nitrogens with zero attached hydrogens (tertiary/aromatic N) is 2. The summed E-state index contributed by atoms with van der Waals surface area (Å²) in [5.74, 6) is 1.17. The van der Waals surface area contributed by atoms with Crippen LogP contribution in [0.4, 0.5) is 0 Å². The SMILES string of the molecule is CCCCN1C(=O)c2[nH]nc(-c3cc(Cl)c(C)cc3O)c2C1c1ccc(OCc2ccccc2)c(OCC)c1. The van der Waals surface area contributed by atoms with E-state index in [-0.39, 0.29) is 11.7 Å². The van der Waals surface area contributed by atoms with Gasteiger partial charge in [-0.2, -0.15) is 5.10 Å². The molecule has 0 bridgehead atoms. The number of H-pyrrole nitrogens is 1. The van der Waals surface area contributed by atoms with Gasteiger partial charge >= 0.3 is 0 Å². The van der Waals surface area contributed by atoms with E-state index in [9.17, 15) is 9.90 Å². The molecule has 2 heterocycles. The van der Waals surface area contributed by atoms with E-state index in [0.717, 1.165) is 29.5 Å². The van der Waals surface area contributed by atoms with Gasteiger partial charge in [0.25, 0.3) is 5.91 Å². The van der Waals surface area contributed by atoms with Crippen molar-refractivity contribution in [2.75, 3.05) is 13.2 Å². The van der Waals surface area contributed by atoms with Gasteiger partial charge in [0.1, 0.15) is 23.7 Å². The minimum atomic E-state index is -0.422. The van der Waals surface area contributed by atoms with Crippen LogP contribution in [0.3, 0.4) is 0 Å². The van der Waals surface area contributed by atoms with Gasteiger partial charge in [0, 0.05) is 22.7 Å². The summed E-state index contributed by atoms with van der Waals surface area (Å²) in [5.41, 5.74) is 4.80. The molecule has 0 saturated carbocycles. The first-order valence-electron chi connectivity index (χ1n) is 13.2. The molecule has 1 unspecified atom stereocenters. The van der Waals surface area contributed by atoms with E-state index in [0.29, 0.717) is 58.8 Å². The van der Waals surface area contributed by atoms with Crippen molar-refractivity contribution in [3.8, 4) is 28.5 Å². The number of aromatic nitrogens is 2. The number of aryl methyl sites for hydroxylation is 1. The average molecular weight is 546 g/mol. The number of benzene rings is 3. The third-order valence-corrected chi connectivity index (χ3v) is 7.38. The normalized spacial score (nSPS) is 14.5. The van der Waals surface area contributed by atoms with Gasteiger partial charge in [0.2, 0.25) is 0 Å². The summed E-state index contributed by atoms with van der Waals surface area (Å²) in [7, 11) is 0. The number of phenolic OH excluding ortho intramolecular Hbond substituents is 1. The molecular formula is C31H32ClN3O4. The van der Waals surface area contributed by atoms with Crippen LogP contribution in [0.25, 0.3) is 11.3 Å². The number of hydrogen-bond acceptors (Lipinski definition) is 5. The predicted molar refractivity (Wildman–Crippen MR) is 152 cm³/mol. The number of fused-ring (bicyclic) bond motifs is 1. The first-order chi connectivity index (χ1) is 18.9. The molecule has 8 heteroatoms. The molecule has 3 aromatic carbocycles. The zero-order valence-electron chi connectivity index (χ0n) is 22.3. The van der Waals surface area contributed by atoms with E-state index in [4.69, 9.17) is 21.1 Å². The topological polar surface area (TPSA) is 87.7 Å². The van der Waals surface area contributed by atoms with Crippen LogP contribution in [0.1, 0.15) is 65.5 Å². The Hall–Kier alpha value is -3.97. The molecule has 0 aliphatic carbocycles. The fourth-order valence-corrected chi connectivity index (χ4v) is 5.14. The van der Waals surface area contributed by atoms with Gasteiger partial charge in [0.15, 0.2) is 11.5 Å². The second-order valence-electron chi connectivity index (χ2n) is 9.65. The molecular weight excluding hydrogens is 514 g/mol. The van der Waals surface area contributed by atoms with Crippen LogP contribution in [0.2, 0.25) is 5.02 Å². The lowest BCUT2D eigenvalue weighted by molar-refractivity contribution is 0.0741. The monoisotopic (exact) mass is 545 g/mol. The molecule has 1 aromatic heterocycles. The Kier molecular flexibility index (Phi) is 7.79. The van der Waals surface area contributed by atoms with Gasteiger partial charge in [-0.15, -0.1) is 0 Å². The van der Waals surface area contributed by atoms with Gasteiger partial charge < -0.3 is 19.5 Å². The number of unbranched alkanes of at least 4 members (excludes halogenated alkanes) is 1. The van der Waals surface area contributed by atoms with Crippen LogP contribution in [0, 0.1) is 6.92 Å². The lowest BCUT2D eigenvalue weighted by atomic mass is 9.95. The number of aromatic hydroxyl groups is 1. The fourth-order valence-electron chi connectivity index (χ4n) is 4.98. The number of hydrogen-bond donors (Lipinski definition) is 2. The molecule has 1 aliphatic heterocycles. The van der Waals surface area contributed by atoms with Gasteiger partial charge in [-0.3, -0.25) is 9.89 Å². The van der Waals surface area contributed by atoms with Crippen LogP contribution in [-0.4, -0.2) is 39.3 Å². The number of carbonyl (C=O) groups is 1. The molecule has 0 saturated heterocycles. The maximum Gasteiger partial charge on any atom is 0.273 e. The minimum absolute atomic E-state index is 0.0593. The maximum absolute atomic E-state index is 13.6. The molecule has 1 amide bonds. The lowest BCUT2D eigenvalue weighted by Gasteiger charge is -2.27. The molecule has 1 aliphatic rings. The minimum Gasteiger partial charge on any atom is -0.507 e. The highest BCUT2D eigenvalue weighted by Crippen LogP contribution is 2.46. The van der Waals surface area contributed by atoms with E-state index in [1.807, 2.05) is 67.3 Å². The quantitative estimate of drug-likeness (QED) is 0.222. The smallest absolute Gasteiger partial charge is 0.273 e. The van der Waals surface area contributed by atoms with Crippen LogP contribution in [0.5, 0.6) is 17.2 Å². The van der Waals surface area contributed by atoms with Crippen LogP contribution < -0.4 is 9.47 Å². The Morgan fingerprint density at radius 1 is 1.05 bits per heavy atom. The molecule has 1 atom stereocenters. The molecule has 202 valence electrons. The zero-order valence-corrected chi connectivity index (χ0v) is 23.1. The number of nitrogens with one attached hydrogen (secondary N) is 1. The van der Waals surface area contributed by atoms with E-state index in [1.165, 1.54) is 0 Å². The van der Waals surface area contributed by atoms with Crippen LogP contribution in [0.15, 0.2) is 60.7 Å². The van der Waals surface area contributed by atoms with E-state index < -0.39 is 6.04 Å². The Bertz CT molecular complexity index is 1480. The molecule has 2 N–H and O–H groups in total. The van der Waals surface area contributed by atoms with Crippen LogP contribution in [-0.2, 0) is 6.61 Å². The largest absolute Gasteiger partial charge is 0.507 e. The Morgan fingerprint density at radius 2 is 1.85 bits per heavy atom. The average Bonchev–Trinajstić information content (AvgIpc) is 3.48. The fraction of sp³-hybridized carbons (Fsp3) is 0.290. The summed E-state index contributed by atoms with van der Waals surface area (Å²) in [6.07, 6.45) is 1.80. The van der Waals surface area contributed by atoms with Gasteiger partial charge in [-0.05, 0) is 61.2 Å². The number of aromatic amines is 1. The van der Waals surface area contributed by atoms with Crippen molar-refractivity contribution in [2.45, 2.75) is 46.3 Å². The Morgan fingerprint density at radius 3 is 2.59 bits per heavy atom. The Balaban J connectivity index is 1.58. The maximum atomic E-state index is 13.6. The molecule has 0 fully saturated rings. The molecule has 4 aromatic rings. The van der Waals surface area contributed by atoms with Crippen molar-refractivity contribution in [3.63, 3.8) is 0 Å². The highest BCUT2D eigenvalue weighted by atomic mass is 35.5. The lowest BCUT2D eigenvalue weighted by Crippen LogP contribution is -2.30. The highest BCUT2D eigenvalue weighted by Gasteiger charge is 2.42. The van der Waals surface area contributed by atoms with Crippen molar-refractivity contribution >= 4 is 17.5 Å². The summed E-state index contributed by atoms with van der Waals surface area (Å²) < 4.78 is 12.1. The van der Waals surface area contributed by atoms with Crippen molar-refractivity contribution in [1.82, 2.24) is 15.1 Å². The molecule has 0 spiro atoms.